The lowest BCUT2D eigenvalue weighted by atomic mass is 9.89. The minimum absolute atomic E-state index is 0.0938. The van der Waals surface area contributed by atoms with Crippen molar-refractivity contribution < 1.29 is 29.3 Å². The average molecular weight is 271 g/mol. The predicted molar refractivity (Wildman–Crippen MR) is 62.4 cm³/mol. The highest BCUT2D eigenvalue weighted by Gasteiger charge is 2.25. The van der Waals surface area contributed by atoms with Crippen LogP contribution in [0.4, 0.5) is 9.18 Å². The van der Waals surface area contributed by atoms with Gasteiger partial charge in [0.2, 0.25) is 0 Å². The molecular formula is C12H14FNO5. The molecule has 0 spiro atoms. The highest BCUT2D eigenvalue weighted by molar-refractivity contribution is 5.56. The molecule has 2 rings (SSSR count). The maximum absolute atomic E-state index is 13.3. The molecule has 1 aromatic rings. The number of piperidine rings is 1. The highest BCUT2D eigenvalue weighted by Crippen LogP contribution is 2.36. The smallest absolute Gasteiger partial charge is 0.508 e. The zero-order chi connectivity index (χ0) is 14.0. The molecule has 19 heavy (non-hydrogen) atoms. The second-order valence-corrected chi connectivity index (χ2v) is 4.42. The molecule has 0 radical (unpaired) electrons. The molecule has 0 saturated carbocycles. The fourth-order valence-electron chi connectivity index (χ4n) is 2.26. The van der Waals surface area contributed by atoms with Crippen molar-refractivity contribution in [2.75, 3.05) is 13.1 Å². The van der Waals surface area contributed by atoms with Crippen LogP contribution in [0.2, 0.25) is 0 Å². The van der Waals surface area contributed by atoms with Crippen molar-refractivity contribution >= 4 is 6.16 Å². The van der Waals surface area contributed by atoms with Gasteiger partial charge in [-0.15, -0.1) is 5.06 Å². The summed E-state index contributed by atoms with van der Waals surface area (Å²) < 4.78 is 13.3. The number of halogens is 1. The predicted octanol–water partition coefficient (Wildman–Crippen LogP) is 2.03. The molecule has 1 aliphatic rings. The van der Waals surface area contributed by atoms with Gasteiger partial charge in [0.15, 0.2) is 11.6 Å². The fraction of sp³-hybridized carbons (Fsp3) is 0.417. The number of hydrogen-bond donors (Lipinski definition) is 3. The number of aromatic hydroxyl groups is 2. The number of phenols is 2. The van der Waals surface area contributed by atoms with E-state index in [1.54, 1.807) is 0 Å². The third-order valence-corrected chi connectivity index (χ3v) is 3.20. The minimum Gasteiger partial charge on any atom is -0.508 e. The van der Waals surface area contributed by atoms with E-state index in [2.05, 4.69) is 4.84 Å². The number of hydroxylamine groups is 2. The van der Waals surface area contributed by atoms with Crippen LogP contribution in [0.3, 0.4) is 0 Å². The van der Waals surface area contributed by atoms with Gasteiger partial charge < -0.3 is 20.2 Å². The van der Waals surface area contributed by atoms with E-state index >= 15 is 0 Å². The Morgan fingerprint density at radius 1 is 1.26 bits per heavy atom. The third kappa shape index (κ3) is 3.05. The number of rotatable bonds is 2. The second-order valence-electron chi connectivity index (χ2n) is 4.42. The topological polar surface area (TPSA) is 90.2 Å². The van der Waals surface area contributed by atoms with E-state index in [0.717, 1.165) is 12.1 Å². The van der Waals surface area contributed by atoms with Crippen molar-refractivity contribution in [3.05, 3.63) is 23.5 Å². The van der Waals surface area contributed by atoms with Crippen molar-refractivity contribution in [2.45, 2.75) is 18.8 Å². The molecule has 0 bridgehead atoms. The van der Waals surface area contributed by atoms with Crippen molar-refractivity contribution in [3.8, 4) is 11.5 Å². The van der Waals surface area contributed by atoms with Gasteiger partial charge in [0, 0.05) is 24.7 Å². The van der Waals surface area contributed by atoms with Crippen LogP contribution < -0.4 is 0 Å². The molecule has 1 aromatic carbocycles. The summed E-state index contributed by atoms with van der Waals surface area (Å²) in [5.74, 6) is -1.62. The van der Waals surface area contributed by atoms with E-state index in [9.17, 15) is 14.3 Å². The van der Waals surface area contributed by atoms with Crippen LogP contribution in [0, 0.1) is 5.82 Å². The van der Waals surface area contributed by atoms with Gasteiger partial charge in [-0.2, -0.15) is 0 Å². The lowest BCUT2D eigenvalue weighted by molar-refractivity contribution is -0.131. The quantitative estimate of drug-likeness (QED) is 0.762. The van der Waals surface area contributed by atoms with Gasteiger partial charge in [-0.05, 0) is 24.8 Å². The van der Waals surface area contributed by atoms with E-state index in [1.807, 2.05) is 0 Å². The van der Waals surface area contributed by atoms with E-state index in [0.29, 0.717) is 31.5 Å². The largest absolute Gasteiger partial charge is 0.525 e. The first-order valence-corrected chi connectivity index (χ1v) is 5.84. The number of nitrogens with zero attached hydrogens (tertiary/aromatic N) is 1. The fourth-order valence-corrected chi connectivity index (χ4v) is 2.26. The van der Waals surface area contributed by atoms with Gasteiger partial charge in [-0.25, -0.2) is 9.18 Å². The summed E-state index contributed by atoms with van der Waals surface area (Å²) >= 11 is 0. The Morgan fingerprint density at radius 3 is 2.47 bits per heavy atom. The number of carboxylic acid groups (broad SMARTS) is 1. The van der Waals surface area contributed by atoms with Gasteiger partial charge in [-0.3, -0.25) is 0 Å². The third-order valence-electron chi connectivity index (χ3n) is 3.20. The lowest BCUT2D eigenvalue weighted by Gasteiger charge is -2.30. The van der Waals surface area contributed by atoms with Crippen LogP contribution >= 0.6 is 0 Å². The Labute approximate surface area is 108 Å². The average Bonchev–Trinajstić information content (AvgIpc) is 2.34. The van der Waals surface area contributed by atoms with Gasteiger partial charge in [0.05, 0.1) is 0 Å². The molecule has 6 nitrogen and oxygen atoms in total. The lowest BCUT2D eigenvalue weighted by Crippen LogP contribution is -2.34. The summed E-state index contributed by atoms with van der Waals surface area (Å²) in [5.41, 5.74) is 0.422. The van der Waals surface area contributed by atoms with Crippen LogP contribution in [0.1, 0.15) is 24.3 Å². The SMILES string of the molecule is O=C(O)ON1CCC(c2cc(F)c(O)cc2O)CC1. The van der Waals surface area contributed by atoms with Gasteiger partial charge in [0.1, 0.15) is 5.75 Å². The zero-order valence-electron chi connectivity index (χ0n) is 10.0. The Kier molecular flexibility index (Phi) is 3.75. The molecule has 0 aromatic heterocycles. The molecule has 1 saturated heterocycles. The molecule has 1 aliphatic heterocycles. The van der Waals surface area contributed by atoms with Gasteiger partial charge in [0.25, 0.3) is 0 Å². The van der Waals surface area contributed by atoms with E-state index in [1.165, 1.54) is 5.06 Å². The molecule has 7 heteroatoms. The summed E-state index contributed by atoms with van der Waals surface area (Å²) in [4.78, 5) is 14.9. The summed E-state index contributed by atoms with van der Waals surface area (Å²) in [7, 11) is 0. The first-order valence-electron chi connectivity index (χ1n) is 5.84. The Hall–Kier alpha value is -2.02. The monoisotopic (exact) mass is 271 g/mol. The molecule has 1 heterocycles. The highest BCUT2D eigenvalue weighted by atomic mass is 19.1. The van der Waals surface area contributed by atoms with Gasteiger partial charge in [-0.1, -0.05) is 0 Å². The summed E-state index contributed by atoms with van der Waals surface area (Å²) in [6.07, 6.45) is -0.298. The normalized spacial score (nSPS) is 17.3. The molecule has 3 N–H and O–H groups in total. The molecule has 1 fully saturated rings. The van der Waals surface area contributed by atoms with Crippen molar-refractivity contribution in [2.24, 2.45) is 0 Å². The number of benzene rings is 1. The van der Waals surface area contributed by atoms with Crippen LogP contribution in [0.15, 0.2) is 12.1 Å². The summed E-state index contributed by atoms with van der Waals surface area (Å²) in [5, 5.41) is 28.6. The standard InChI is InChI=1S/C12H14FNO5/c13-9-5-8(10(15)6-11(9)16)7-1-3-14(4-2-7)19-12(17)18/h5-7,15-16H,1-4H2,(H,17,18). The molecular weight excluding hydrogens is 257 g/mol. The van der Waals surface area contributed by atoms with Crippen molar-refractivity contribution in [1.29, 1.82) is 0 Å². The summed E-state index contributed by atoms with van der Waals surface area (Å²) in [6, 6.07) is 2.09. The first-order chi connectivity index (χ1) is 8.97. The Morgan fingerprint density at radius 2 is 1.89 bits per heavy atom. The van der Waals surface area contributed by atoms with Gasteiger partial charge >= 0.3 is 6.16 Å². The van der Waals surface area contributed by atoms with Crippen LogP contribution in [-0.2, 0) is 4.84 Å². The van der Waals surface area contributed by atoms with Crippen molar-refractivity contribution in [3.63, 3.8) is 0 Å². The zero-order valence-corrected chi connectivity index (χ0v) is 10.0. The molecule has 0 atom stereocenters. The number of hydrogen-bond acceptors (Lipinski definition) is 5. The maximum Gasteiger partial charge on any atom is 0.525 e. The Balaban J connectivity index is 2.05. The second kappa shape index (κ2) is 5.31. The van der Waals surface area contributed by atoms with Crippen LogP contribution in [0.5, 0.6) is 11.5 Å². The van der Waals surface area contributed by atoms with Crippen LogP contribution in [-0.4, -0.2) is 39.6 Å². The van der Waals surface area contributed by atoms with Crippen molar-refractivity contribution in [1.82, 2.24) is 5.06 Å². The molecule has 0 aliphatic carbocycles. The molecule has 0 unspecified atom stereocenters. The Bertz CT molecular complexity index is 485. The minimum atomic E-state index is -1.36. The maximum atomic E-state index is 13.3. The van der Waals surface area contributed by atoms with E-state index in [-0.39, 0.29) is 11.7 Å². The first kappa shape index (κ1) is 13.4. The van der Waals surface area contributed by atoms with E-state index < -0.39 is 17.7 Å². The number of phenolic OH excluding ortho intramolecular Hbond substituents is 2. The molecule has 0 amide bonds. The summed E-state index contributed by atoms with van der Waals surface area (Å²) in [6.45, 7) is 0.748. The van der Waals surface area contributed by atoms with Crippen LogP contribution in [0.25, 0.3) is 0 Å². The molecule has 104 valence electrons. The number of carbonyl (C=O) groups is 1. The van der Waals surface area contributed by atoms with E-state index in [4.69, 9.17) is 10.2 Å².